The van der Waals surface area contributed by atoms with Crippen LogP contribution >= 0.6 is 0 Å². The number of carboxylic acids is 1. The Labute approximate surface area is 204 Å². The van der Waals surface area contributed by atoms with E-state index in [2.05, 4.69) is 21.3 Å². The summed E-state index contributed by atoms with van der Waals surface area (Å²) in [6, 6.07) is 0.352. The lowest BCUT2D eigenvalue weighted by Crippen LogP contribution is -2.57. The molecule has 0 bridgehead atoms. The van der Waals surface area contributed by atoms with Gasteiger partial charge in [0.25, 0.3) is 0 Å². The smallest absolute Gasteiger partial charge is 0.326 e. The zero-order chi connectivity index (χ0) is 26.7. The van der Waals surface area contributed by atoms with Crippen molar-refractivity contribution in [2.45, 2.75) is 52.2 Å². The zero-order valence-corrected chi connectivity index (χ0v) is 20.9. The largest absolute Gasteiger partial charge is 0.497 e. The first-order valence-corrected chi connectivity index (χ1v) is 11.2. The fourth-order valence-electron chi connectivity index (χ4n) is 3.17. The van der Waals surface area contributed by atoms with E-state index in [1.165, 1.54) is 20.3 Å². The fraction of sp³-hybridized carbons (Fsp3) is 0.565. The summed E-state index contributed by atoms with van der Waals surface area (Å²) in [5.74, 6) is -2.26. The van der Waals surface area contributed by atoms with E-state index in [1.807, 2.05) is 13.8 Å². The molecule has 0 unspecified atom stereocenters. The minimum absolute atomic E-state index is 0.0160. The summed E-state index contributed by atoms with van der Waals surface area (Å²) in [5, 5.41) is 28.9. The maximum atomic E-state index is 12.8. The predicted octanol–water partition coefficient (Wildman–Crippen LogP) is 0.943. The molecular formula is C23H36N4O8. The van der Waals surface area contributed by atoms with Crippen LogP contribution in [0.25, 0.3) is 0 Å². The highest BCUT2D eigenvalue weighted by Gasteiger charge is 2.31. The van der Waals surface area contributed by atoms with E-state index in [0.717, 1.165) is 0 Å². The molecule has 1 rings (SSSR count). The van der Waals surface area contributed by atoms with Gasteiger partial charge in [-0.05, 0) is 30.4 Å². The van der Waals surface area contributed by atoms with Crippen LogP contribution in [0.2, 0.25) is 0 Å². The quantitative estimate of drug-likeness (QED) is 0.234. The van der Waals surface area contributed by atoms with Crippen LogP contribution in [0.4, 0.5) is 10.5 Å². The molecule has 0 aliphatic heterocycles. The standard InChI is InChI=1S/C23H36N4O8/c1-12(2)9-16(20(29)27-19(13(3)4)22(31)32)24-21(30)17(11-28)26-23(33)25-15-10-14(34-5)7-8-18(15)35-6/h7-8,10,12-13,16-17,19,28H,9,11H2,1-6H3,(H,24,30)(H,27,29)(H,31,32)(H2,25,26,33)/t16-,17-,19-/m0/s1. The van der Waals surface area contributed by atoms with Gasteiger partial charge < -0.3 is 41.0 Å². The molecule has 0 saturated carbocycles. The number of ether oxygens (including phenoxy) is 2. The molecule has 4 amide bonds. The Morgan fingerprint density at radius 1 is 0.914 bits per heavy atom. The van der Waals surface area contributed by atoms with Crippen LogP contribution in [0.5, 0.6) is 11.5 Å². The van der Waals surface area contributed by atoms with E-state index in [-0.39, 0.29) is 23.9 Å². The van der Waals surface area contributed by atoms with Gasteiger partial charge >= 0.3 is 12.0 Å². The van der Waals surface area contributed by atoms with Gasteiger partial charge in [0.2, 0.25) is 11.8 Å². The van der Waals surface area contributed by atoms with Crippen molar-refractivity contribution in [1.29, 1.82) is 0 Å². The van der Waals surface area contributed by atoms with Crippen molar-refractivity contribution in [2.75, 3.05) is 26.1 Å². The third kappa shape index (κ3) is 9.32. The van der Waals surface area contributed by atoms with Crippen molar-refractivity contribution in [3.63, 3.8) is 0 Å². The van der Waals surface area contributed by atoms with E-state index in [9.17, 15) is 29.4 Å². The average molecular weight is 497 g/mol. The Morgan fingerprint density at radius 2 is 1.54 bits per heavy atom. The second kappa shape index (κ2) is 14.0. The van der Waals surface area contributed by atoms with Crippen LogP contribution in [0, 0.1) is 11.8 Å². The summed E-state index contributed by atoms with van der Waals surface area (Å²) in [4.78, 5) is 49.5. The maximum Gasteiger partial charge on any atom is 0.326 e. The highest BCUT2D eigenvalue weighted by atomic mass is 16.5. The van der Waals surface area contributed by atoms with Crippen molar-refractivity contribution in [3.8, 4) is 11.5 Å². The number of aliphatic hydroxyl groups is 1. The van der Waals surface area contributed by atoms with Gasteiger partial charge in [0.15, 0.2) is 0 Å². The lowest BCUT2D eigenvalue weighted by molar-refractivity contribution is -0.143. The van der Waals surface area contributed by atoms with Crippen molar-refractivity contribution in [1.82, 2.24) is 16.0 Å². The lowest BCUT2D eigenvalue weighted by atomic mass is 10.00. The molecule has 35 heavy (non-hydrogen) atoms. The zero-order valence-electron chi connectivity index (χ0n) is 20.9. The molecule has 1 aromatic rings. The minimum atomic E-state index is -1.38. The normalized spacial score (nSPS) is 13.4. The molecule has 3 atom stereocenters. The second-order valence-corrected chi connectivity index (χ2v) is 8.66. The van der Waals surface area contributed by atoms with Crippen LogP contribution in [0.15, 0.2) is 18.2 Å². The minimum Gasteiger partial charge on any atom is -0.497 e. The van der Waals surface area contributed by atoms with Gasteiger partial charge in [-0.3, -0.25) is 9.59 Å². The number of amides is 4. The molecule has 0 aliphatic carbocycles. The number of aliphatic hydroxyl groups excluding tert-OH is 1. The molecule has 0 heterocycles. The second-order valence-electron chi connectivity index (χ2n) is 8.66. The number of benzene rings is 1. The summed E-state index contributed by atoms with van der Waals surface area (Å²) < 4.78 is 10.3. The summed E-state index contributed by atoms with van der Waals surface area (Å²) in [6.07, 6.45) is 0.216. The number of urea groups is 1. The van der Waals surface area contributed by atoms with Gasteiger partial charge in [-0.25, -0.2) is 9.59 Å². The fourth-order valence-corrected chi connectivity index (χ4v) is 3.17. The highest BCUT2D eigenvalue weighted by molar-refractivity contribution is 5.96. The first-order chi connectivity index (χ1) is 16.4. The third-order valence-electron chi connectivity index (χ3n) is 5.03. The number of hydrogen-bond acceptors (Lipinski definition) is 7. The van der Waals surface area contributed by atoms with Crippen LogP contribution in [0.1, 0.15) is 34.1 Å². The van der Waals surface area contributed by atoms with E-state index >= 15 is 0 Å². The van der Waals surface area contributed by atoms with Gasteiger partial charge in [-0.15, -0.1) is 0 Å². The number of anilines is 1. The number of rotatable bonds is 13. The molecule has 0 aromatic heterocycles. The molecule has 0 spiro atoms. The van der Waals surface area contributed by atoms with Gasteiger partial charge in [-0.1, -0.05) is 27.7 Å². The monoisotopic (exact) mass is 496 g/mol. The number of carbonyl (C=O) groups excluding carboxylic acids is 3. The van der Waals surface area contributed by atoms with E-state index in [4.69, 9.17) is 9.47 Å². The van der Waals surface area contributed by atoms with E-state index < -0.39 is 48.5 Å². The van der Waals surface area contributed by atoms with Crippen LogP contribution in [-0.4, -0.2) is 73.0 Å². The maximum absolute atomic E-state index is 12.8. The number of methoxy groups -OCH3 is 2. The third-order valence-corrected chi connectivity index (χ3v) is 5.03. The number of carbonyl (C=O) groups is 4. The van der Waals surface area contributed by atoms with E-state index in [1.54, 1.807) is 26.0 Å². The lowest BCUT2D eigenvalue weighted by Gasteiger charge is -2.26. The molecule has 12 heteroatoms. The number of hydrogen-bond donors (Lipinski definition) is 6. The molecule has 6 N–H and O–H groups in total. The van der Waals surface area contributed by atoms with E-state index in [0.29, 0.717) is 11.5 Å². The topological polar surface area (TPSA) is 175 Å². The highest BCUT2D eigenvalue weighted by Crippen LogP contribution is 2.28. The van der Waals surface area contributed by atoms with Crippen molar-refractivity contribution < 1.29 is 38.9 Å². The number of carboxylic acid groups (broad SMARTS) is 1. The van der Waals surface area contributed by atoms with Crippen LogP contribution < -0.4 is 30.7 Å². The van der Waals surface area contributed by atoms with Crippen molar-refractivity contribution in [2.24, 2.45) is 11.8 Å². The first-order valence-electron chi connectivity index (χ1n) is 11.2. The Bertz CT molecular complexity index is 890. The Morgan fingerprint density at radius 3 is 2.03 bits per heavy atom. The summed E-state index contributed by atoms with van der Waals surface area (Å²) in [5.41, 5.74) is 0.270. The number of aliphatic carboxylic acids is 1. The molecule has 0 aliphatic rings. The molecule has 0 fully saturated rings. The SMILES string of the molecule is COc1ccc(OC)c(NC(=O)N[C@@H](CO)C(=O)N[C@@H](CC(C)C)C(=O)N[C@H](C(=O)O)C(C)C)c1. The predicted molar refractivity (Wildman–Crippen MR) is 128 cm³/mol. The molecule has 0 radical (unpaired) electrons. The molecule has 12 nitrogen and oxygen atoms in total. The Balaban J connectivity index is 2.93. The molecule has 1 aromatic carbocycles. The molecular weight excluding hydrogens is 460 g/mol. The number of nitrogens with one attached hydrogen (secondary N) is 4. The van der Waals surface area contributed by atoms with Crippen molar-refractivity contribution in [3.05, 3.63) is 18.2 Å². The summed E-state index contributed by atoms with van der Waals surface area (Å²) in [7, 11) is 2.88. The average Bonchev–Trinajstić information content (AvgIpc) is 2.79. The Kier molecular flexibility index (Phi) is 11.8. The van der Waals surface area contributed by atoms with Crippen LogP contribution in [0.3, 0.4) is 0 Å². The van der Waals surface area contributed by atoms with Crippen molar-refractivity contribution >= 4 is 29.5 Å². The summed E-state index contributed by atoms with van der Waals surface area (Å²) in [6.45, 7) is 6.22. The Hall–Kier alpha value is -3.54. The van der Waals surface area contributed by atoms with Gasteiger partial charge in [0, 0.05) is 6.07 Å². The van der Waals surface area contributed by atoms with Gasteiger partial charge in [0.05, 0.1) is 26.5 Å². The van der Waals surface area contributed by atoms with Gasteiger partial charge in [0.1, 0.15) is 29.6 Å². The first kappa shape index (κ1) is 29.5. The summed E-state index contributed by atoms with van der Waals surface area (Å²) >= 11 is 0. The van der Waals surface area contributed by atoms with Crippen LogP contribution in [-0.2, 0) is 14.4 Å². The molecule has 196 valence electrons. The molecule has 0 saturated heterocycles. The van der Waals surface area contributed by atoms with Gasteiger partial charge in [-0.2, -0.15) is 0 Å².